The number of esters is 1. The van der Waals surface area contributed by atoms with E-state index in [4.69, 9.17) is 4.74 Å². The summed E-state index contributed by atoms with van der Waals surface area (Å²) in [5.41, 5.74) is 3.08. The van der Waals surface area contributed by atoms with Crippen LogP contribution in [0.4, 0.5) is 0 Å². The first-order chi connectivity index (χ1) is 14.1. The Labute approximate surface area is 174 Å². The SMILES string of the molecule is CCOC(=O)[C@@H]1CCCN(C(=O)c2cc3ccsc3n2Cc2ccc(C)cc2)C1. The summed E-state index contributed by atoms with van der Waals surface area (Å²) < 4.78 is 7.29. The minimum Gasteiger partial charge on any atom is -0.466 e. The molecule has 29 heavy (non-hydrogen) atoms. The van der Waals surface area contributed by atoms with Crippen molar-refractivity contribution in [1.29, 1.82) is 0 Å². The maximum Gasteiger partial charge on any atom is 0.310 e. The van der Waals surface area contributed by atoms with E-state index >= 15 is 0 Å². The normalized spacial score (nSPS) is 16.9. The zero-order valence-electron chi connectivity index (χ0n) is 16.9. The number of thiophene rings is 1. The van der Waals surface area contributed by atoms with E-state index in [0.29, 0.717) is 31.9 Å². The van der Waals surface area contributed by atoms with Gasteiger partial charge < -0.3 is 14.2 Å². The zero-order valence-corrected chi connectivity index (χ0v) is 17.7. The van der Waals surface area contributed by atoms with Crippen LogP contribution in [0.15, 0.2) is 41.8 Å². The predicted octanol–water partition coefficient (Wildman–Crippen LogP) is 4.47. The molecule has 0 radical (unpaired) electrons. The van der Waals surface area contributed by atoms with E-state index in [1.807, 2.05) is 17.9 Å². The number of fused-ring (bicyclic) bond motifs is 1. The third-order valence-corrected chi connectivity index (χ3v) is 6.46. The van der Waals surface area contributed by atoms with Gasteiger partial charge in [0.15, 0.2) is 0 Å². The van der Waals surface area contributed by atoms with Gasteiger partial charge in [0.2, 0.25) is 0 Å². The van der Waals surface area contributed by atoms with Crippen LogP contribution in [0.2, 0.25) is 0 Å². The topological polar surface area (TPSA) is 51.5 Å². The number of benzene rings is 1. The Bertz CT molecular complexity index is 1020. The summed E-state index contributed by atoms with van der Waals surface area (Å²) in [4.78, 5) is 28.5. The number of likely N-dealkylation sites (tertiary alicyclic amines) is 1. The number of rotatable bonds is 5. The Hall–Kier alpha value is -2.60. The van der Waals surface area contributed by atoms with Gasteiger partial charge in [0.25, 0.3) is 5.91 Å². The van der Waals surface area contributed by atoms with Crippen LogP contribution < -0.4 is 0 Å². The van der Waals surface area contributed by atoms with E-state index in [1.165, 1.54) is 11.1 Å². The van der Waals surface area contributed by atoms with E-state index in [-0.39, 0.29) is 17.8 Å². The van der Waals surface area contributed by atoms with Gasteiger partial charge in [-0.05, 0) is 49.8 Å². The highest BCUT2D eigenvalue weighted by molar-refractivity contribution is 7.16. The van der Waals surface area contributed by atoms with E-state index in [2.05, 4.69) is 47.2 Å². The maximum absolute atomic E-state index is 13.4. The smallest absolute Gasteiger partial charge is 0.310 e. The first-order valence-electron chi connectivity index (χ1n) is 10.1. The number of hydrogen-bond donors (Lipinski definition) is 0. The molecule has 0 unspecified atom stereocenters. The quantitative estimate of drug-likeness (QED) is 0.583. The van der Waals surface area contributed by atoms with E-state index < -0.39 is 0 Å². The van der Waals surface area contributed by atoms with Crippen molar-refractivity contribution >= 4 is 33.4 Å². The summed E-state index contributed by atoms with van der Waals surface area (Å²) in [6.45, 7) is 6.02. The molecule has 0 saturated carbocycles. The molecule has 1 aromatic carbocycles. The summed E-state index contributed by atoms with van der Waals surface area (Å²) in [6, 6.07) is 12.5. The van der Waals surface area contributed by atoms with Crippen LogP contribution in [0.25, 0.3) is 10.2 Å². The summed E-state index contributed by atoms with van der Waals surface area (Å²) in [7, 11) is 0. The Kier molecular flexibility index (Phi) is 5.72. The van der Waals surface area contributed by atoms with Gasteiger partial charge in [0, 0.05) is 25.0 Å². The van der Waals surface area contributed by atoms with Gasteiger partial charge in [-0.2, -0.15) is 0 Å². The molecule has 0 N–H and O–H groups in total. The van der Waals surface area contributed by atoms with Gasteiger partial charge in [-0.25, -0.2) is 0 Å². The molecule has 0 aliphatic carbocycles. The van der Waals surface area contributed by atoms with Crippen LogP contribution >= 0.6 is 11.3 Å². The number of piperidine rings is 1. The molecule has 5 nitrogen and oxygen atoms in total. The Morgan fingerprint density at radius 3 is 2.76 bits per heavy atom. The largest absolute Gasteiger partial charge is 0.466 e. The fourth-order valence-electron chi connectivity index (χ4n) is 3.96. The second kappa shape index (κ2) is 8.41. The molecule has 1 saturated heterocycles. The number of amides is 1. The van der Waals surface area contributed by atoms with Crippen molar-refractivity contribution in [3.8, 4) is 0 Å². The van der Waals surface area contributed by atoms with Gasteiger partial charge >= 0.3 is 5.97 Å². The van der Waals surface area contributed by atoms with Crippen LogP contribution in [0.1, 0.15) is 41.4 Å². The first kappa shape index (κ1) is 19.7. The van der Waals surface area contributed by atoms with Gasteiger partial charge in [0.1, 0.15) is 10.5 Å². The highest BCUT2D eigenvalue weighted by Gasteiger charge is 2.31. The minimum absolute atomic E-state index is 0.00508. The zero-order chi connectivity index (χ0) is 20.4. The van der Waals surface area contributed by atoms with E-state index in [1.54, 1.807) is 11.3 Å². The lowest BCUT2D eigenvalue weighted by atomic mass is 9.98. The Morgan fingerprint density at radius 1 is 1.21 bits per heavy atom. The average molecular weight is 411 g/mol. The molecule has 1 amide bonds. The molecular weight excluding hydrogens is 384 g/mol. The molecule has 3 heterocycles. The summed E-state index contributed by atoms with van der Waals surface area (Å²) in [5.74, 6) is -0.426. The third kappa shape index (κ3) is 4.08. The fourth-order valence-corrected chi connectivity index (χ4v) is 4.86. The summed E-state index contributed by atoms with van der Waals surface area (Å²) in [6.07, 6.45) is 1.60. The highest BCUT2D eigenvalue weighted by atomic mass is 32.1. The van der Waals surface area contributed by atoms with Crippen LogP contribution in [0.3, 0.4) is 0 Å². The lowest BCUT2D eigenvalue weighted by Gasteiger charge is -2.31. The summed E-state index contributed by atoms with van der Waals surface area (Å²) in [5, 5.41) is 3.15. The second-order valence-corrected chi connectivity index (χ2v) is 8.52. The fraction of sp³-hybridized carbons (Fsp3) is 0.391. The molecule has 2 aromatic heterocycles. The standard InChI is InChI=1S/C23H26N2O3S/c1-3-28-23(27)19-5-4-11-24(15-19)21(26)20-13-18-10-12-29-22(18)25(20)14-17-8-6-16(2)7-9-17/h6-10,12-13,19H,3-5,11,14-15H2,1-2H3/t19-/m1/s1. The van der Waals surface area contributed by atoms with Crippen molar-refractivity contribution in [2.24, 2.45) is 5.92 Å². The van der Waals surface area contributed by atoms with Gasteiger partial charge in [0.05, 0.1) is 12.5 Å². The average Bonchev–Trinajstić information content (AvgIpc) is 3.32. The Balaban J connectivity index is 1.61. The molecule has 0 spiro atoms. The number of carbonyl (C=O) groups is 2. The molecule has 6 heteroatoms. The monoisotopic (exact) mass is 410 g/mol. The summed E-state index contributed by atoms with van der Waals surface area (Å²) >= 11 is 1.65. The van der Waals surface area contributed by atoms with E-state index in [9.17, 15) is 9.59 Å². The minimum atomic E-state index is -0.228. The van der Waals surface area contributed by atoms with Gasteiger partial charge in [-0.1, -0.05) is 29.8 Å². The first-order valence-corrected chi connectivity index (χ1v) is 11.0. The van der Waals surface area contributed by atoms with Crippen LogP contribution in [0.5, 0.6) is 0 Å². The molecule has 4 rings (SSSR count). The number of ether oxygens (including phenoxy) is 1. The van der Waals surface area contributed by atoms with Crippen molar-refractivity contribution in [2.45, 2.75) is 33.2 Å². The lowest BCUT2D eigenvalue weighted by Crippen LogP contribution is -2.43. The van der Waals surface area contributed by atoms with Crippen molar-refractivity contribution in [3.05, 3.63) is 58.6 Å². The number of nitrogens with zero attached hydrogens (tertiary/aromatic N) is 2. The molecule has 1 aliphatic rings. The van der Waals surface area contributed by atoms with Crippen LogP contribution in [-0.2, 0) is 16.1 Å². The molecule has 1 fully saturated rings. The van der Waals surface area contributed by atoms with E-state index in [0.717, 1.165) is 23.1 Å². The molecule has 1 atom stereocenters. The van der Waals surface area contributed by atoms with Crippen molar-refractivity contribution in [3.63, 3.8) is 0 Å². The van der Waals surface area contributed by atoms with Crippen molar-refractivity contribution in [2.75, 3.05) is 19.7 Å². The van der Waals surface area contributed by atoms with Crippen LogP contribution in [-0.4, -0.2) is 41.0 Å². The Morgan fingerprint density at radius 2 is 2.00 bits per heavy atom. The molecular formula is C23H26N2O3S. The predicted molar refractivity (Wildman–Crippen MR) is 115 cm³/mol. The highest BCUT2D eigenvalue weighted by Crippen LogP contribution is 2.28. The molecule has 1 aliphatic heterocycles. The van der Waals surface area contributed by atoms with Gasteiger partial charge in [-0.15, -0.1) is 11.3 Å². The third-order valence-electron chi connectivity index (χ3n) is 5.51. The van der Waals surface area contributed by atoms with Crippen molar-refractivity contribution in [1.82, 2.24) is 9.47 Å². The molecule has 0 bridgehead atoms. The number of aryl methyl sites for hydroxylation is 1. The second-order valence-electron chi connectivity index (χ2n) is 7.62. The number of hydrogen-bond acceptors (Lipinski definition) is 4. The molecule has 152 valence electrons. The maximum atomic E-state index is 13.4. The lowest BCUT2D eigenvalue weighted by molar-refractivity contribution is -0.149. The van der Waals surface area contributed by atoms with Crippen LogP contribution in [0, 0.1) is 12.8 Å². The van der Waals surface area contributed by atoms with Gasteiger partial charge in [-0.3, -0.25) is 9.59 Å². The van der Waals surface area contributed by atoms with Crippen molar-refractivity contribution < 1.29 is 14.3 Å². The molecule has 3 aromatic rings. The number of carbonyl (C=O) groups excluding carboxylic acids is 2. The number of aromatic nitrogens is 1.